The first kappa shape index (κ1) is 19.5. The van der Waals surface area contributed by atoms with E-state index in [1.807, 2.05) is 19.1 Å². The Morgan fingerprint density at radius 3 is 2.58 bits per heavy atom. The number of nitrogens with zero attached hydrogens (tertiary/aromatic N) is 1. The molecule has 0 saturated heterocycles. The zero-order chi connectivity index (χ0) is 18.9. The minimum absolute atomic E-state index is 0.0819. The molecule has 0 aliphatic heterocycles. The molecule has 0 bridgehead atoms. The van der Waals surface area contributed by atoms with Crippen LogP contribution in [0.3, 0.4) is 0 Å². The molecule has 0 unspecified atom stereocenters. The molecule has 2 amide bonds. The molecule has 0 aliphatic rings. The summed E-state index contributed by atoms with van der Waals surface area (Å²) in [6.07, 6.45) is 0. The Bertz CT molecular complexity index is 761. The van der Waals surface area contributed by atoms with E-state index in [0.29, 0.717) is 42.5 Å². The lowest BCUT2D eigenvalue weighted by Crippen LogP contribution is -2.23. The van der Waals surface area contributed by atoms with Crippen molar-refractivity contribution in [1.82, 2.24) is 0 Å². The predicted octanol–water partition coefficient (Wildman–Crippen LogP) is 3.34. The van der Waals surface area contributed by atoms with Crippen LogP contribution >= 0.6 is 0 Å². The first-order chi connectivity index (χ1) is 12.5. The molecule has 2 aromatic carbocycles. The van der Waals surface area contributed by atoms with Gasteiger partial charge in [0.15, 0.2) is 0 Å². The molecular formula is C20H24N2O4. The second-order valence-corrected chi connectivity index (χ2v) is 5.62. The number of hydrogen-bond acceptors (Lipinski definition) is 4. The number of amides is 2. The molecule has 0 heterocycles. The molecule has 1 N–H and O–H groups in total. The summed E-state index contributed by atoms with van der Waals surface area (Å²) in [6, 6.07) is 14.2. The largest absolute Gasteiger partial charge is 0.490 e. The van der Waals surface area contributed by atoms with Crippen molar-refractivity contribution in [3.63, 3.8) is 0 Å². The third kappa shape index (κ3) is 5.32. The van der Waals surface area contributed by atoms with Crippen LogP contribution in [0.5, 0.6) is 5.75 Å². The number of hydrogen-bond donors (Lipinski definition) is 1. The predicted molar refractivity (Wildman–Crippen MR) is 102 cm³/mol. The van der Waals surface area contributed by atoms with Gasteiger partial charge in [0.25, 0.3) is 5.91 Å². The van der Waals surface area contributed by atoms with Gasteiger partial charge in [-0.3, -0.25) is 9.59 Å². The van der Waals surface area contributed by atoms with Crippen LogP contribution in [0.2, 0.25) is 0 Å². The van der Waals surface area contributed by atoms with E-state index < -0.39 is 0 Å². The van der Waals surface area contributed by atoms with Crippen LogP contribution in [0.4, 0.5) is 11.4 Å². The van der Waals surface area contributed by atoms with E-state index in [1.54, 1.807) is 43.4 Å². The molecule has 2 aromatic rings. The summed E-state index contributed by atoms with van der Waals surface area (Å²) in [6.45, 7) is 4.86. The van der Waals surface area contributed by atoms with Crippen LogP contribution in [0.1, 0.15) is 24.2 Å². The molecule has 0 radical (unpaired) electrons. The molecule has 0 aliphatic carbocycles. The maximum Gasteiger partial charge on any atom is 0.259 e. The lowest BCUT2D eigenvalue weighted by molar-refractivity contribution is -0.116. The minimum atomic E-state index is -0.278. The Morgan fingerprint density at radius 1 is 1.08 bits per heavy atom. The van der Waals surface area contributed by atoms with Crippen molar-refractivity contribution >= 4 is 23.2 Å². The number of carbonyl (C=O) groups is 2. The molecule has 2 rings (SSSR count). The number of carbonyl (C=O) groups excluding carboxylic acids is 2. The van der Waals surface area contributed by atoms with Crippen molar-refractivity contribution in [3.05, 3.63) is 54.1 Å². The fourth-order valence-corrected chi connectivity index (χ4v) is 2.31. The Balaban J connectivity index is 2.10. The van der Waals surface area contributed by atoms with Gasteiger partial charge >= 0.3 is 0 Å². The van der Waals surface area contributed by atoms with Gasteiger partial charge in [-0.25, -0.2) is 0 Å². The molecule has 0 saturated carbocycles. The first-order valence-corrected chi connectivity index (χ1v) is 8.48. The monoisotopic (exact) mass is 356 g/mol. The maximum absolute atomic E-state index is 12.6. The van der Waals surface area contributed by atoms with E-state index in [-0.39, 0.29) is 11.8 Å². The van der Waals surface area contributed by atoms with E-state index in [4.69, 9.17) is 9.47 Å². The highest BCUT2D eigenvalue weighted by Crippen LogP contribution is 2.22. The Kier molecular flexibility index (Phi) is 7.17. The smallest absolute Gasteiger partial charge is 0.259 e. The van der Waals surface area contributed by atoms with E-state index >= 15 is 0 Å². The quantitative estimate of drug-likeness (QED) is 0.737. The minimum Gasteiger partial charge on any atom is -0.490 e. The van der Waals surface area contributed by atoms with Crippen LogP contribution in [0.15, 0.2) is 48.5 Å². The second kappa shape index (κ2) is 9.58. The fraction of sp³-hybridized carbons (Fsp3) is 0.300. The van der Waals surface area contributed by atoms with E-state index in [2.05, 4.69) is 5.32 Å². The molecule has 0 spiro atoms. The standard InChI is InChI=1S/C20H24N2O4/c1-4-25-12-13-26-19-11-6-5-10-18(19)20(24)21-16-8-7-9-17(14-16)22(3)15(2)23/h5-11,14H,4,12-13H2,1-3H3,(H,21,24). The summed E-state index contributed by atoms with van der Waals surface area (Å²) in [7, 11) is 1.69. The molecule has 6 nitrogen and oxygen atoms in total. The highest BCUT2D eigenvalue weighted by Gasteiger charge is 2.13. The fourth-order valence-electron chi connectivity index (χ4n) is 2.31. The van der Waals surface area contributed by atoms with Crippen LogP contribution < -0.4 is 15.0 Å². The lowest BCUT2D eigenvalue weighted by atomic mass is 10.1. The van der Waals surface area contributed by atoms with Crippen LogP contribution in [-0.4, -0.2) is 38.7 Å². The average Bonchev–Trinajstić information content (AvgIpc) is 2.65. The van der Waals surface area contributed by atoms with Crippen LogP contribution in [0.25, 0.3) is 0 Å². The Hall–Kier alpha value is -2.86. The third-order valence-corrected chi connectivity index (χ3v) is 3.78. The van der Waals surface area contributed by atoms with Gasteiger partial charge in [0.1, 0.15) is 12.4 Å². The second-order valence-electron chi connectivity index (χ2n) is 5.62. The zero-order valence-corrected chi connectivity index (χ0v) is 15.3. The summed E-state index contributed by atoms with van der Waals surface area (Å²) in [5.74, 6) is 0.142. The molecule has 0 fully saturated rings. The maximum atomic E-state index is 12.6. The van der Waals surface area contributed by atoms with Gasteiger partial charge in [-0.1, -0.05) is 18.2 Å². The molecule has 0 atom stereocenters. The van der Waals surface area contributed by atoms with Gasteiger partial charge in [-0.05, 0) is 37.3 Å². The van der Waals surface area contributed by atoms with Crippen molar-refractivity contribution in [1.29, 1.82) is 0 Å². The summed E-state index contributed by atoms with van der Waals surface area (Å²) in [5.41, 5.74) is 1.75. The molecular weight excluding hydrogens is 332 g/mol. The number of ether oxygens (including phenoxy) is 2. The van der Waals surface area contributed by atoms with Gasteiger partial charge in [-0.2, -0.15) is 0 Å². The van der Waals surface area contributed by atoms with Gasteiger partial charge in [-0.15, -0.1) is 0 Å². The molecule has 138 valence electrons. The van der Waals surface area contributed by atoms with Crippen molar-refractivity contribution in [2.75, 3.05) is 37.1 Å². The lowest BCUT2D eigenvalue weighted by Gasteiger charge is -2.16. The van der Waals surface area contributed by atoms with Gasteiger partial charge in [0.05, 0.1) is 12.2 Å². The number of nitrogens with one attached hydrogen (secondary N) is 1. The van der Waals surface area contributed by atoms with Crippen molar-refractivity contribution in [2.24, 2.45) is 0 Å². The topological polar surface area (TPSA) is 67.9 Å². The van der Waals surface area contributed by atoms with E-state index in [9.17, 15) is 9.59 Å². The van der Waals surface area contributed by atoms with Gasteiger partial charge in [0.2, 0.25) is 5.91 Å². The number of rotatable bonds is 8. The van der Waals surface area contributed by atoms with E-state index in [0.717, 1.165) is 0 Å². The number of para-hydroxylation sites is 1. The van der Waals surface area contributed by atoms with Crippen molar-refractivity contribution in [3.8, 4) is 5.75 Å². The van der Waals surface area contributed by atoms with Crippen LogP contribution in [0, 0.1) is 0 Å². The summed E-state index contributed by atoms with van der Waals surface area (Å²) < 4.78 is 10.9. The molecule has 0 aromatic heterocycles. The zero-order valence-electron chi connectivity index (χ0n) is 15.3. The highest BCUT2D eigenvalue weighted by molar-refractivity contribution is 6.06. The van der Waals surface area contributed by atoms with E-state index in [1.165, 1.54) is 11.8 Å². The SMILES string of the molecule is CCOCCOc1ccccc1C(=O)Nc1cccc(N(C)C(C)=O)c1. The summed E-state index contributed by atoms with van der Waals surface area (Å²) in [4.78, 5) is 25.7. The summed E-state index contributed by atoms with van der Waals surface area (Å²) >= 11 is 0. The highest BCUT2D eigenvalue weighted by atomic mass is 16.5. The van der Waals surface area contributed by atoms with Gasteiger partial charge < -0.3 is 19.7 Å². The Labute approximate surface area is 153 Å². The average molecular weight is 356 g/mol. The summed E-state index contributed by atoms with van der Waals surface area (Å²) in [5, 5.41) is 2.85. The normalized spacial score (nSPS) is 10.3. The number of benzene rings is 2. The third-order valence-electron chi connectivity index (χ3n) is 3.78. The number of anilines is 2. The molecule has 6 heteroatoms. The first-order valence-electron chi connectivity index (χ1n) is 8.48. The molecule has 26 heavy (non-hydrogen) atoms. The van der Waals surface area contributed by atoms with Crippen molar-refractivity contribution < 1.29 is 19.1 Å². The Morgan fingerprint density at radius 2 is 1.85 bits per heavy atom. The van der Waals surface area contributed by atoms with Crippen LogP contribution in [-0.2, 0) is 9.53 Å². The van der Waals surface area contributed by atoms with Gasteiger partial charge in [0, 0.05) is 32.0 Å². The van der Waals surface area contributed by atoms with Crippen molar-refractivity contribution in [2.45, 2.75) is 13.8 Å².